The largest absolute Gasteiger partial charge is 0.477 e. The molecule has 0 aliphatic rings. The first-order valence-corrected chi connectivity index (χ1v) is 4.72. The summed E-state index contributed by atoms with van der Waals surface area (Å²) in [6.45, 7) is 5.22. The van der Waals surface area contributed by atoms with Crippen LogP contribution in [0.15, 0.2) is 18.3 Å². The second kappa shape index (κ2) is 4.30. The smallest absolute Gasteiger partial charge is 0.354 e. The maximum Gasteiger partial charge on any atom is 0.354 e. The predicted molar refractivity (Wildman–Crippen MR) is 56.4 cm³/mol. The minimum Gasteiger partial charge on any atom is -0.477 e. The van der Waals surface area contributed by atoms with Crippen LogP contribution in [0.4, 0.5) is 0 Å². The van der Waals surface area contributed by atoms with Crippen LogP contribution < -0.4 is 0 Å². The average molecular weight is 223 g/mol. The number of hydrogen-bond donors (Lipinski definition) is 1. The summed E-state index contributed by atoms with van der Waals surface area (Å²) < 4.78 is 5.10. The molecule has 1 aromatic heterocycles. The fraction of sp³-hybridized carbons (Fsp3) is 0.364. The Hall–Kier alpha value is -1.91. The second-order valence-electron chi connectivity index (χ2n) is 4.24. The Morgan fingerprint density at radius 2 is 2.00 bits per heavy atom. The Balaban J connectivity index is 2.92. The lowest BCUT2D eigenvalue weighted by Crippen LogP contribution is -2.24. The summed E-state index contributed by atoms with van der Waals surface area (Å²) in [7, 11) is 0. The molecular formula is C11H13NO4. The Morgan fingerprint density at radius 1 is 1.38 bits per heavy atom. The number of carbonyl (C=O) groups is 2. The molecular weight excluding hydrogens is 210 g/mol. The van der Waals surface area contributed by atoms with Crippen molar-refractivity contribution in [1.82, 2.24) is 4.98 Å². The van der Waals surface area contributed by atoms with E-state index in [1.807, 2.05) is 0 Å². The lowest BCUT2D eigenvalue weighted by molar-refractivity contribution is 0.00694. The van der Waals surface area contributed by atoms with Crippen molar-refractivity contribution in [3.05, 3.63) is 29.6 Å². The fourth-order valence-corrected chi connectivity index (χ4v) is 1.01. The van der Waals surface area contributed by atoms with Crippen molar-refractivity contribution in [3.63, 3.8) is 0 Å². The van der Waals surface area contributed by atoms with E-state index in [0.717, 1.165) is 0 Å². The molecule has 0 saturated heterocycles. The number of pyridine rings is 1. The van der Waals surface area contributed by atoms with E-state index >= 15 is 0 Å². The summed E-state index contributed by atoms with van der Waals surface area (Å²) >= 11 is 0. The molecule has 0 radical (unpaired) electrons. The van der Waals surface area contributed by atoms with E-state index in [0.29, 0.717) is 0 Å². The molecule has 1 rings (SSSR count). The molecule has 86 valence electrons. The molecule has 16 heavy (non-hydrogen) atoms. The molecule has 0 bridgehead atoms. The SMILES string of the molecule is CC(C)(C)OC(=O)c1ccnc(C(=O)O)c1. The standard InChI is InChI=1S/C11H13NO4/c1-11(2,3)16-10(15)7-4-5-12-8(6-7)9(13)14/h4-6H,1-3H3,(H,13,14). The van der Waals surface area contributed by atoms with E-state index in [1.54, 1.807) is 20.8 Å². The van der Waals surface area contributed by atoms with Crippen molar-refractivity contribution >= 4 is 11.9 Å². The molecule has 0 saturated carbocycles. The number of aromatic carboxylic acids is 1. The number of ether oxygens (including phenoxy) is 1. The van der Waals surface area contributed by atoms with E-state index < -0.39 is 17.5 Å². The minimum absolute atomic E-state index is 0.177. The lowest BCUT2D eigenvalue weighted by Gasteiger charge is -2.19. The topological polar surface area (TPSA) is 76.5 Å². The van der Waals surface area contributed by atoms with E-state index in [-0.39, 0.29) is 11.3 Å². The third-order valence-electron chi connectivity index (χ3n) is 1.61. The zero-order chi connectivity index (χ0) is 12.3. The highest BCUT2D eigenvalue weighted by Gasteiger charge is 2.18. The fourth-order valence-electron chi connectivity index (χ4n) is 1.01. The van der Waals surface area contributed by atoms with Gasteiger partial charge in [-0.05, 0) is 32.9 Å². The number of esters is 1. The molecule has 1 aromatic rings. The van der Waals surface area contributed by atoms with E-state index in [9.17, 15) is 9.59 Å². The van der Waals surface area contributed by atoms with Crippen molar-refractivity contribution < 1.29 is 19.4 Å². The molecule has 1 N–H and O–H groups in total. The number of hydrogen-bond acceptors (Lipinski definition) is 4. The zero-order valence-electron chi connectivity index (χ0n) is 9.35. The average Bonchev–Trinajstić information content (AvgIpc) is 2.15. The van der Waals surface area contributed by atoms with Crippen LogP contribution >= 0.6 is 0 Å². The summed E-state index contributed by atoms with van der Waals surface area (Å²) in [4.78, 5) is 25.8. The van der Waals surface area contributed by atoms with Crippen molar-refractivity contribution in [1.29, 1.82) is 0 Å². The van der Waals surface area contributed by atoms with Gasteiger partial charge >= 0.3 is 11.9 Å². The van der Waals surface area contributed by atoms with Gasteiger partial charge in [0.05, 0.1) is 5.56 Å². The molecule has 0 aliphatic heterocycles. The number of carboxylic acid groups (broad SMARTS) is 1. The highest BCUT2D eigenvalue weighted by atomic mass is 16.6. The molecule has 0 spiro atoms. The predicted octanol–water partition coefficient (Wildman–Crippen LogP) is 1.74. The van der Waals surface area contributed by atoms with Crippen LogP contribution in [0.5, 0.6) is 0 Å². The first-order valence-electron chi connectivity index (χ1n) is 4.72. The number of carbonyl (C=O) groups excluding carboxylic acids is 1. The Kier molecular flexibility index (Phi) is 3.27. The van der Waals surface area contributed by atoms with Crippen molar-refractivity contribution in [2.75, 3.05) is 0 Å². The summed E-state index contributed by atoms with van der Waals surface area (Å²) in [5.74, 6) is -1.73. The van der Waals surface area contributed by atoms with Gasteiger partial charge < -0.3 is 9.84 Å². The molecule has 5 nitrogen and oxygen atoms in total. The van der Waals surface area contributed by atoms with E-state index in [4.69, 9.17) is 9.84 Å². The minimum atomic E-state index is -1.18. The number of nitrogens with zero attached hydrogens (tertiary/aromatic N) is 1. The second-order valence-corrected chi connectivity index (χ2v) is 4.24. The van der Waals surface area contributed by atoms with Crippen LogP contribution in [-0.4, -0.2) is 27.6 Å². The van der Waals surface area contributed by atoms with Crippen LogP contribution in [0.25, 0.3) is 0 Å². The first kappa shape index (κ1) is 12.2. The molecule has 5 heteroatoms. The third-order valence-corrected chi connectivity index (χ3v) is 1.61. The van der Waals surface area contributed by atoms with Crippen LogP contribution in [0.2, 0.25) is 0 Å². The Bertz CT molecular complexity index is 420. The normalized spacial score (nSPS) is 10.9. The van der Waals surface area contributed by atoms with Crippen LogP contribution in [0.3, 0.4) is 0 Å². The van der Waals surface area contributed by atoms with Crippen molar-refractivity contribution in [2.45, 2.75) is 26.4 Å². The molecule has 0 fully saturated rings. The monoisotopic (exact) mass is 223 g/mol. The van der Waals surface area contributed by atoms with Gasteiger partial charge in [0, 0.05) is 6.20 Å². The quantitative estimate of drug-likeness (QED) is 0.772. The van der Waals surface area contributed by atoms with E-state index in [1.165, 1.54) is 18.3 Å². The van der Waals surface area contributed by atoms with Gasteiger partial charge in [0.2, 0.25) is 0 Å². The molecule has 0 aliphatic carbocycles. The summed E-state index contributed by atoms with van der Waals surface area (Å²) in [5, 5.41) is 8.71. The first-order chi connectivity index (χ1) is 7.29. The highest BCUT2D eigenvalue weighted by Crippen LogP contribution is 2.12. The van der Waals surface area contributed by atoms with Crippen LogP contribution in [0.1, 0.15) is 41.6 Å². The van der Waals surface area contributed by atoms with Gasteiger partial charge in [-0.25, -0.2) is 14.6 Å². The highest BCUT2D eigenvalue weighted by molar-refractivity contribution is 5.93. The number of rotatable bonds is 2. The van der Waals surface area contributed by atoms with Gasteiger partial charge in [-0.3, -0.25) is 0 Å². The van der Waals surface area contributed by atoms with Gasteiger partial charge in [-0.15, -0.1) is 0 Å². The summed E-state index contributed by atoms with van der Waals surface area (Å²) in [6, 6.07) is 2.61. The molecule has 1 heterocycles. The maximum absolute atomic E-state index is 11.6. The molecule has 0 atom stereocenters. The number of carboxylic acids is 1. The van der Waals surface area contributed by atoms with Crippen LogP contribution in [-0.2, 0) is 4.74 Å². The van der Waals surface area contributed by atoms with Gasteiger partial charge in [-0.2, -0.15) is 0 Å². The summed E-state index contributed by atoms with van der Waals surface area (Å²) in [5.41, 5.74) is -0.602. The van der Waals surface area contributed by atoms with Gasteiger partial charge in [0.25, 0.3) is 0 Å². The van der Waals surface area contributed by atoms with Gasteiger partial charge in [-0.1, -0.05) is 0 Å². The van der Waals surface area contributed by atoms with Crippen LogP contribution in [0, 0.1) is 0 Å². The molecule has 0 aromatic carbocycles. The third kappa shape index (κ3) is 3.34. The number of aromatic nitrogens is 1. The summed E-state index contributed by atoms with van der Waals surface area (Å²) in [6.07, 6.45) is 1.27. The van der Waals surface area contributed by atoms with Gasteiger partial charge in [0.1, 0.15) is 11.3 Å². The van der Waals surface area contributed by atoms with Crippen molar-refractivity contribution in [2.24, 2.45) is 0 Å². The lowest BCUT2D eigenvalue weighted by atomic mass is 10.2. The van der Waals surface area contributed by atoms with Crippen molar-refractivity contribution in [3.8, 4) is 0 Å². The van der Waals surface area contributed by atoms with Gasteiger partial charge in [0.15, 0.2) is 0 Å². The Labute approximate surface area is 93.1 Å². The Morgan fingerprint density at radius 3 is 2.50 bits per heavy atom. The maximum atomic E-state index is 11.6. The zero-order valence-corrected chi connectivity index (χ0v) is 9.35. The molecule has 0 amide bonds. The molecule has 0 unspecified atom stereocenters. The van der Waals surface area contributed by atoms with E-state index in [2.05, 4.69) is 4.98 Å².